The SMILES string of the molecule is CCCc1nc(NCC)cc(N2CCC(C(C)O)CC2)n1. The van der Waals surface area contributed by atoms with Gasteiger partial charge < -0.3 is 15.3 Å². The molecule has 21 heavy (non-hydrogen) atoms. The first-order chi connectivity index (χ1) is 10.1. The lowest BCUT2D eigenvalue weighted by Gasteiger charge is -2.34. The van der Waals surface area contributed by atoms with Gasteiger partial charge in [0, 0.05) is 32.1 Å². The molecule has 0 saturated carbocycles. The Labute approximate surface area is 127 Å². The fourth-order valence-corrected chi connectivity index (χ4v) is 2.86. The molecule has 0 radical (unpaired) electrons. The summed E-state index contributed by atoms with van der Waals surface area (Å²) in [5.41, 5.74) is 0. The zero-order valence-corrected chi connectivity index (χ0v) is 13.5. The topological polar surface area (TPSA) is 61.3 Å². The predicted molar refractivity (Wildman–Crippen MR) is 86.8 cm³/mol. The lowest BCUT2D eigenvalue weighted by Crippen LogP contribution is -2.37. The summed E-state index contributed by atoms with van der Waals surface area (Å²) in [5, 5.41) is 13.0. The molecule has 1 fully saturated rings. The number of piperidine rings is 1. The van der Waals surface area contributed by atoms with E-state index in [-0.39, 0.29) is 6.10 Å². The fourth-order valence-electron chi connectivity index (χ4n) is 2.86. The molecule has 1 aliphatic heterocycles. The number of hydrogen-bond donors (Lipinski definition) is 2. The highest BCUT2D eigenvalue weighted by Gasteiger charge is 2.23. The Morgan fingerprint density at radius 3 is 2.62 bits per heavy atom. The van der Waals surface area contributed by atoms with Crippen molar-refractivity contribution < 1.29 is 5.11 Å². The van der Waals surface area contributed by atoms with Crippen molar-refractivity contribution in [1.29, 1.82) is 0 Å². The van der Waals surface area contributed by atoms with Gasteiger partial charge in [-0.1, -0.05) is 6.92 Å². The molecule has 5 nitrogen and oxygen atoms in total. The van der Waals surface area contributed by atoms with Crippen molar-refractivity contribution in [3.05, 3.63) is 11.9 Å². The average Bonchev–Trinajstić information content (AvgIpc) is 2.48. The summed E-state index contributed by atoms with van der Waals surface area (Å²) >= 11 is 0. The zero-order valence-electron chi connectivity index (χ0n) is 13.5. The van der Waals surface area contributed by atoms with Crippen molar-refractivity contribution in [2.24, 2.45) is 5.92 Å². The monoisotopic (exact) mass is 292 g/mol. The summed E-state index contributed by atoms with van der Waals surface area (Å²) in [5.74, 6) is 3.28. The van der Waals surface area contributed by atoms with Crippen LogP contribution in [0.1, 0.15) is 45.9 Å². The molecule has 1 atom stereocenters. The van der Waals surface area contributed by atoms with Gasteiger partial charge in [-0.3, -0.25) is 0 Å². The van der Waals surface area contributed by atoms with Gasteiger partial charge in [-0.15, -0.1) is 0 Å². The number of anilines is 2. The highest BCUT2D eigenvalue weighted by molar-refractivity contribution is 5.49. The van der Waals surface area contributed by atoms with Crippen molar-refractivity contribution >= 4 is 11.6 Å². The predicted octanol–water partition coefficient (Wildman–Crippen LogP) is 2.46. The third-order valence-electron chi connectivity index (χ3n) is 4.14. The van der Waals surface area contributed by atoms with Crippen molar-refractivity contribution in [1.82, 2.24) is 9.97 Å². The fraction of sp³-hybridized carbons (Fsp3) is 0.750. The van der Waals surface area contributed by atoms with Gasteiger partial charge >= 0.3 is 0 Å². The Hall–Kier alpha value is -1.36. The van der Waals surface area contributed by atoms with Gasteiger partial charge in [0.1, 0.15) is 17.5 Å². The van der Waals surface area contributed by atoms with E-state index in [1.165, 1.54) is 0 Å². The van der Waals surface area contributed by atoms with Gasteiger partial charge in [0.15, 0.2) is 0 Å². The molecule has 2 heterocycles. The Morgan fingerprint density at radius 2 is 2.05 bits per heavy atom. The standard InChI is InChI=1S/C16H28N4O/c1-4-6-14-18-15(17-5-2)11-16(19-14)20-9-7-13(8-10-20)12(3)21/h11-13,21H,4-10H2,1-3H3,(H,17,18,19). The van der Waals surface area contributed by atoms with E-state index in [1.807, 2.05) is 13.0 Å². The van der Waals surface area contributed by atoms with Crippen molar-refractivity contribution in [2.45, 2.75) is 52.6 Å². The maximum Gasteiger partial charge on any atom is 0.134 e. The number of nitrogens with one attached hydrogen (secondary N) is 1. The molecule has 0 bridgehead atoms. The van der Waals surface area contributed by atoms with Crippen LogP contribution >= 0.6 is 0 Å². The van der Waals surface area contributed by atoms with Crippen molar-refractivity contribution in [3.8, 4) is 0 Å². The minimum absolute atomic E-state index is 0.203. The van der Waals surface area contributed by atoms with Crippen LogP contribution < -0.4 is 10.2 Å². The third kappa shape index (κ3) is 4.30. The number of aromatic nitrogens is 2. The molecule has 0 amide bonds. The summed E-state index contributed by atoms with van der Waals surface area (Å²) in [6.45, 7) is 8.92. The van der Waals surface area contributed by atoms with E-state index in [2.05, 4.69) is 29.0 Å². The van der Waals surface area contributed by atoms with Crippen LogP contribution in [0.2, 0.25) is 0 Å². The molecule has 118 valence electrons. The van der Waals surface area contributed by atoms with Crippen LogP contribution in [-0.4, -0.2) is 40.8 Å². The second-order valence-electron chi connectivity index (χ2n) is 5.87. The van der Waals surface area contributed by atoms with Crippen LogP contribution in [0.3, 0.4) is 0 Å². The molecule has 1 unspecified atom stereocenters. The maximum absolute atomic E-state index is 9.71. The second kappa shape index (κ2) is 7.59. The summed E-state index contributed by atoms with van der Waals surface area (Å²) < 4.78 is 0. The van der Waals surface area contributed by atoms with E-state index >= 15 is 0 Å². The molecular weight excluding hydrogens is 264 g/mol. The molecule has 0 spiro atoms. The van der Waals surface area contributed by atoms with Crippen LogP contribution in [0.15, 0.2) is 6.07 Å². The first kappa shape index (κ1) is 16.0. The Balaban J connectivity index is 2.11. The first-order valence-electron chi connectivity index (χ1n) is 8.18. The normalized spacial score (nSPS) is 17.8. The Kier molecular flexibility index (Phi) is 5.79. The summed E-state index contributed by atoms with van der Waals surface area (Å²) in [6.07, 6.45) is 3.82. The number of nitrogens with zero attached hydrogens (tertiary/aromatic N) is 3. The highest BCUT2D eigenvalue weighted by atomic mass is 16.3. The molecule has 2 rings (SSSR count). The molecule has 1 saturated heterocycles. The van der Waals surface area contributed by atoms with E-state index in [4.69, 9.17) is 4.98 Å². The number of rotatable bonds is 6. The lowest BCUT2D eigenvalue weighted by atomic mass is 9.92. The molecule has 5 heteroatoms. The third-order valence-corrected chi connectivity index (χ3v) is 4.14. The number of aliphatic hydroxyl groups is 1. The van der Waals surface area contributed by atoms with Crippen LogP contribution in [-0.2, 0) is 6.42 Å². The minimum atomic E-state index is -0.203. The summed E-state index contributed by atoms with van der Waals surface area (Å²) in [4.78, 5) is 11.6. The molecule has 0 aliphatic carbocycles. The lowest BCUT2D eigenvalue weighted by molar-refractivity contribution is 0.110. The number of aryl methyl sites for hydroxylation is 1. The quantitative estimate of drug-likeness (QED) is 0.843. The van der Waals surface area contributed by atoms with Crippen LogP contribution in [0.4, 0.5) is 11.6 Å². The maximum atomic E-state index is 9.71. The molecule has 1 aromatic heterocycles. The summed E-state index contributed by atoms with van der Waals surface area (Å²) in [7, 11) is 0. The first-order valence-corrected chi connectivity index (χ1v) is 8.18. The van der Waals surface area contributed by atoms with E-state index in [0.717, 1.165) is 62.8 Å². The molecule has 1 aliphatic rings. The Morgan fingerprint density at radius 1 is 1.33 bits per heavy atom. The van der Waals surface area contributed by atoms with E-state index < -0.39 is 0 Å². The average molecular weight is 292 g/mol. The van der Waals surface area contributed by atoms with Gasteiger partial charge in [0.25, 0.3) is 0 Å². The van der Waals surface area contributed by atoms with E-state index in [9.17, 15) is 5.11 Å². The zero-order chi connectivity index (χ0) is 15.2. The highest BCUT2D eigenvalue weighted by Crippen LogP contribution is 2.25. The van der Waals surface area contributed by atoms with Crippen LogP contribution in [0, 0.1) is 5.92 Å². The molecule has 0 aromatic carbocycles. The second-order valence-corrected chi connectivity index (χ2v) is 5.87. The van der Waals surface area contributed by atoms with E-state index in [1.54, 1.807) is 0 Å². The molecule has 2 N–H and O–H groups in total. The Bertz CT molecular complexity index is 418. The number of aliphatic hydroxyl groups excluding tert-OH is 1. The largest absolute Gasteiger partial charge is 0.393 e. The van der Waals surface area contributed by atoms with Gasteiger partial charge in [0.2, 0.25) is 0 Å². The number of hydrogen-bond acceptors (Lipinski definition) is 5. The minimum Gasteiger partial charge on any atom is -0.393 e. The van der Waals surface area contributed by atoms with Gasteiger partial charge in [0.05, 0.1) is 6.10 Å². The van der Waals surface area contributed by atoms with Crippen LogP contribution in [0.5, 0.6) is 0 Å². The van der Waals surface area contributed by atoms with Gasteiger partial charge in [-0.2, -0.15) is 0 Å². The smallest absolute Gasteiger partial charge is 0.134 e. The van der Waals surface area contributed by atoms with Gasteiger partial charge in [-0.05, 0) is 39.0 Å². The van der Waals surface area contributed by atoms with Crippen molar-refractivity contribution in [2.75, 3.05) is 29.9 Å². The summed E-state index contributed by atoms with van der Waals surface area (Å²) in [6, 6.07) is 2.05. The van der Waals surface area contributed by atoms with Gasteiger partial charge in [-0.25, -0.2) is 9.97 Å². The molecule has 1 aromatic rings. The molecular formula is C16H28N4O. The van der Waals surface area contributed by atoms with Crippen molar-refractivity contribution in [3.63, 3.8) is 0 Å². The van der Waals surface area contributed by atoms with E-state index in [0.29, 0.717) is 5.92 Å². The van der Waals surface area contributed by atoms with Crippen LogP contribution in [0.25, 0.3) is 0 Å².